The zero-order valence-electron chi connectivity index (χ0n) is 16.0. The first kappa shape index (κ1) is 23.4. The highest BCUT2D eigenvalue weighted by molar-refractivity contribution is 9.09. The Morgan fingerprint density at radius 3 is 2.11 bits per heavy atom. The molecule has 1 rings (SSSR count). The number of halogens is 1. The van der Waals surface area contributed by atoms with Crippen molar-refractivity contribution in [1.82, 2.24) is 4.90 Å². The molecule has 0 N–H and O–H groups in total. The fraction of sp³-hybridized carbons (Fsp3) is 0.556. The fourth-order valence-electron chi connectivity index (χ4n) is 2.75. The van der Waals surface area contributed by atoms with Crippen LogP contribution in [0.4, 0.5) is 4.79 Å². The molecule has 0 saturated heterocycles. The van der Waals surface area contributed by atoms with Crippen molar-refractivity contribution in [3.8, 4) is 0 Å². The first-order valence-corrected chi connectivity index (χ1v) is 11.3. The summed E-state index contributed by atoms with van der Waals surface area (Å²) in [6, 6.07) is 7.56. The SMILES string of the molecule is CCOC(=O)N(CBr)[C@@](CC(C)C)(C(=O)OCC)S(=O)(=O)c1ccccc1. The van der Waals surface area contributed by atoms with Crippen LogP contribution in [0, 0.1) is 5.92 Å². The van der Waals surface area contributed by atoms with Crippen molar-refractivity contribution < 1.29 is 27.5 Å². The molecular formula is C18H26BrNO6S. The summed E-state index contributed by atoms with van der Waals surface area (Å²) in [5.74, 6) is -1.24. The average Bonchev–Trinajstić information content (AvgIpc) is 2.62. The van der Waals surface area contributed by atoms with Gasteiger partial charge in [-0.1, -0.05) is 48.0 Å². The molecule has 152 valence electrons. The quantitative estimate of drug-likeness (QED) is 0.315. The van der Waals surface area contributed by atoms with Crippen molar-refractivity contribution in [2.24, 2.45) is 5.92 Å². The lowest BCUT2D eigenvalue weighted by molar-refractivity contribution is -0.151. The van der Waals surface area contributed by atoms with E-state index in [0.717, 1.165) is 4.90 Å². The molecule has 0 fully saturated rings. The molecule has 27 heavy (non-hydrogen) atoms. The van der Waals surface area contributed by atoms with E-state index in [9.17, 15) is 18.0 Å². The van der Waals surface area contributed by atoms with Crippen molar-refractivity contribution >= 4 is 37.8 Å². The van der Waals surface area contributed by atoms with E-state index in [1.54, 1.807) is 45.9 Å². The maximum Gasteiger partial charge on any atom is 0.412 e. The number of hydrogen-bond acceptors (Lipinski definition) is 6. The van der Waals surface area contributed by atoms with Crippen LogP contribution in [0.2, 0.25) is 0 Å². The second-order valence-electron chi connectivity index (χ2n) is 6.17. The number of amides is 1. The van der Waals surface area contributed by atoms with Gasteiger partial charge in [0.15, 0.2) is 0 Å². The van der Waals surface area contributed by atoms with E-state index >= 15 is 0 Å². The van der Waals surface area contributed by atoms with Gasteiger partial charge >= 0.3 is 12.1 Å². The van der Waals surface area contributed by atoms with Crippen molar-refractivity contribution in [2.45, 2.75) is 43.9 Å². The predicted octanol–water partition coefficient (Wildman–Crippen LogP) is 3.58. The van der Waals surface area contributed by atoms with Crippen LogP contribution in [-0.4, -0.2) is 48.9 Å². The molecule has 1 amide bonds. The lowest BCUT2D eigenvalue weighted by Gasteiger charge is -2.40. The minimum Gasteiger partial charge on any atom is -0.463 e. The Morgan fingerprint density at radius 2 is 1.67 bits per heavy atom. The zero-order chi connectivity index (χ0) is 20.7. The number of hydrogen-bond donors (Lipinski definition) is 0. The molecule has 9 heteroatoms. The van der Waals surface area contributed by atoms with Gasteiger partial charge in [0.05, 0.1) is 23.6 Å². The molecule has 0 radical (unpaired) electrons. The summed E-state index contributed by atoms with van der Waals surface area (Å²) >= 11 is 3.15. The van der Waals surface area contributed by atoms with Crippen LogP contribution < -0.4 is 0 Å². The summed E-state index contributed by atoms with van der Waals surface area (Å²) in [6.45, 7) is 6.73. The summed E-state index contributed by atoms with van der Waals surface area (Å²) in [7, 11) is -4.33. The van der Waals surface area contributed by atoms with E-state index < -0.39 is 26.8 Å². The Balaban J connectivity index is 3.80. The van der Waals surface area contributed by atoms with Crippen LogP contribution in [-0.2, 0) is 24.1 Å². The molecule has 0 spiro atoms. The number of ether oxygens (including phenoxy) is 2. The largest absolute Gasteiger partial charge is 0.463 e. The van der Waals surface area contributed by atoms with Gasteiger partial charge < -0.3 is 9.47 Å². The number of carbonyl (C=O) groups is 2. The van der Waals surface area contributed by atoms with Gasteiger partial charge in [-0.3, -0.25) is 4.90 Å². The Hall–Kier alpha value is -1.61. The standard InChI is InChI=1S/C18H26BrNO6S/c1-5-25-16(21)18(12-14(3)4,20(13-19)17(22)26-6-2)27(23,24)15-10-8-7-9-11-15/h7-11,14H,5-6,12-13H2,1-4H3/t18-/m1/s1. The highest BCUT2D eigenvalue weighted by Gasteiger charge is 2.59. The number of rotatable bonds is 9. The van der Waals surface area contributed by atoms with E-state index in [1.807, 2.05) is 0 Å². The molecule has 0 saturated carbocycles. The van der Waals surface area contributed by atoms with Gasteiger partial charge in [0.2, 0.25) is 9.84 Å². The molecule has 0 heterocycles. The molecule has 0 aliphatic rings. The molecule has 0 bridgehead atoms. The van der Waals surface area contributed by atoms with Crippen molar-refractivity contribution in [3.63, 3.8) is 0 Å². The van der Waals surface area contributed by atoms with Crippen LogP contribution in [0.1, 0.15) is 34.1 Å². The van der Waals surface area contributed by atoms with Gasteiger partial charge in [0, 0.05) is 0 Å². The van der Waals surface area contributed by atoms with Crippen LogP contribution in [0.3, 0.4) is 0 Å². The normalized spacial score (nSPS) is 13.7. The molecule has 1 aromatic rings. The Morgan fingerprint density at radius 1 is 1.11 bits per heavy atom. The molecule has 7 nitrogen and oxygen atoms in total. The Labute approximate surface area is 169 Å². The zero-order valence-corrected chi connectivity index (χ0v) is 18.4. The average molecular weight is 464 g/mol. The van der Waals surface area contributed by atoms with Gasteiger partial charge in [-0.15, -0.1) is 0 Å². The number of esters is 1. The minimum atomic E-state index is -4.33. The highest BCUT2D eigenvalue weighted by Crippen LogP contribution is 2.37. The maximum absolute atomic E-state index is 13.6. The van der Waals surface area contributed by atoms with Crippen LogP contribution in [0.15, 0.2) is 35.2 Å². The Kier molecular flexibility index (Phi) is 8.74. The fourth-order valence-corrected chi connectivity index (χ4v) is 5.72. The van der Waals surface area contributed by atoms with E-state index in [1.165, 1.54) is 12.1 Å². The van der Waals surface area contributed by atoms with E-state index in [2.05, 4.69) is 15.9 Å². The number of nitrogens with zero attached hydrogens (tertiary/aromatic N) is 1. The molecular weight excluding hydrogens is 438 g/mol. The van der Waals surface area contributed by atoms with Crippen LogP contribution >= 0.6 is 15.9 Å². The molecule has 0 aromatic heterocycles. The second-order valence-corrected chi connectivity index (χ2v) is 8.82. The maximum atomic E-state index is 13.6. The number of carbonyl (C=O) groups excluding carboxylic acids is 2. The van der Waals surface area contributed by atoms with Crippen LogP contribution in [0.25, 0.3) is 0 Å². The third-order valence-corrected chi connectivity index (χ3v) is 6.66. The number of sulfone groups is 1. The topological polar surface area (TPSA) is 90.0 Å². The molecule has 1 atom stereocenters. The molecule has 1 aromatic carbocycles. The number of alkyl halides is 1. The van der Waals surface area contributed by atoms with Gasteiger partial charge in [-0.25, -0.2) is 18.0 Å². The van der Waals surface area contributed by atoms with Gasteiger partial charge in [0.1, 0.15) is 0 Å². The highest BCUT2D eigenvalue weighted by atomic mass is 79.9. The molecule has 0 unspecified atom stereocenters. The summed E-state index contributed by atoms with van der Waals surface area (Å²) in [4.78, 5) is 24.2. The second kappa shape index (κ2) is 10.1. The summed E-state index contributed by atoms with van der Waals surface area (Å²) in [6.07, 6.45) is -1.06. The third kappa shape index (κ3) is 4.82. The third-order valence-electron chi connectivity index (χ3n) is 3.82. The monoisotopic (exact) mass is 463 g/mol. The Bertz CT molecular complexity index is 737. The lowest BCUT2D eigenvalue weighted by atomic mass is 10.0. The van der Waals surface area contributed by atoms with E-state index in [4.69, 9.17) is 9.47 Å². The van der Waals surface area contributed by atoms with Crippen molar-refractivity contribution in [2.75, 3.05) is 18.7 Å². The van der Waals surface area contributed by atoms with Gasteiger partial charge in [-0.05, 0) is 38.3 Å². The minimum absolute atomic E-state index is 0.0259. The van der Waals surface area contributed by atoms with Crippen LogP contribution in [0.5, 0.6) is 0 Å². The first-order chi connectivity index (χ1) is 12.7. The smallest absolute Gasteiger partial charge is 0.412 e. The molecule has 0 aliphatic carbocycles. The van der Waals surface area contributed by atoms with Gasteiger partial charge in [-0.2, -0.15) is 0 Å². The molecule has 0 aliphatic heterocycles. The predicted molar refractivity (Wildman–Crippen MR) is 105 cm³/mol. The summed E-state index contributed by atoms with van der Waals surface area (Å²) in [5.41, 5.74) is -0.219. The van der Waals surface area contributed by atoms with Crippen molar-refractivity contribution in [3.05, 3.63) is 30.3 Å². The summed E-state index contributed by atoms with van der Waals surface area (Å²) in [5, 5.41) is 0. The van der Waals surface area contributed by atoms with Gasteiger partial charge in [0.25, 0.3) is 4.87 Å². The first-order valence-electron chi connectivity index (χ1n) is 8.66. The van der Waals surface area contributed by atoms with E-state index in [0.29, 0.717) is 0 Å². The number of benzene rings is 1. The van der Waals surface area contributed by atoms with E-state index in [-0.39, 0.29) is 35.9 Å². The lowest BCUT2D eigenvalue weighted by Crippen LogP contribution is -2.62. The summed E-state index contributed by atoms with van der Waals surface area (Å²) < 4.78 is 37.5. The van der Waals surface area contributed by atoms with Crippen molar-refractivity contribution in [1.29, 1.82) is 0 Å².